The summed E-state index contributed by atoms with van der Waals surface area (Å²) in [5, 5.41) is 1.99. The molecule has 16 heteroatoms. The minimum absolute atomic E-state index is 0.113. The summed E-state index contributed by atoms with van der Waals surface area (Å²) in [6.45, 7) is -0.624. The second-order valence-corrected chi connectivity index (χ2v) is 12.4. The lowest BCUT2D eigenvalue weighted by Gasteiger charge is -2.22. The van der Waals surface area contributed by atoms with Gasteiger partial charge in [-0.1, -0.05) is 23.2 Å². The van der Waals surface area contributed by atoms with Crippen molar-refractivity contribution < 1.29 is 39.5 Å². The molecule has 9 nitrogen and oxygen atoms in total. The van der Waals surface area contributed by atoms with Crippen LogP contribution in [0.1, 0.15) is 5.56 Å². The van der Waals surface area contributed by atoms with Gasteiger partial charge in [0.15, 0.2) is 0 Å². The summed E-state index contributed by atoms with van der Waals surface area (Å²) in [6, 6.07) is 11.4. The molecule has 0 aromatic heterocycles. The van der Waals surface area contributed by atoms with Crippen molar-refractivity contribution >= 4 is 66.2 Å². The van der Waals surface area contributed by atoms with Gasteiger partial charge in [0.05, 0.1) is 39.6 Å². The molecule has 0 saturated carbocycles. The number of sulfonamides is 2. The number of hydrogen-bond acceptors (Lipinski definition) is 6. The molecule has 0 atom stereocenters. The number of halogens is 5. The summed E-state index contributed by atoms with van der Waals surface area (Å²) >= 11 is 11.6. The van der Waals surface area contributed by atoms with E-state index in [0.29, 0.717) is 11.8 Å². The summed E-state index contributed by atoms with van der Waals surface area (Å²) < 4.78 is 97.1. The van der Waals surface area contributed by atoms with Crippen molar-refractivity contribution in [3.63, 3.8) is 0 Å². The van der Waals surface area contributed by atoms with E-state index in [-0.39, 0.29) is 27.0 Å². The van der Waals surface area contributed by atoms with Crippen molar-refractivity contribution in [1.82, 2.24) is 0 Å². The number of amides is 1. The Morgan fingerprint density at radius 1 is 0.923 bits per heavy atom. The highest BCUT2D eigenvalue weighted by molar-refractivity contribution is 7.92. The summed E-state index contributed by atoms with van der Waals surface area (Å²) in [7, 11) is -6.82. The van der Waals surface area contributed by atoms with Gasteiger partial charge in [0.1, 0.15) is 12.3 Å². The molecule has 0 unspecified atom stereocenters. The van der Waals surface area contributed by atoms with Crippen molar-refractivity contribution in [2.75, 3.05) is 34.3 Å². The third kappa shape index (κ3) is 7.68. The third-order valence-corrected chi connectivity index (χ3v) is 8.25. The Bertz CT molecular complexity index is 1600. The van der Waals surface area contributed by atoms with Crippen LogP contribution in [-0.4, -0.2) is 42.7 Å². The second kappa shape index (κ2) is 11.5. The fraction of sp³-hybridized carbons (Fsp3) is 0.174. The lowest BCUT2D eigenvalue weighted by molar-refractivity contribution is -0.137. The molecule has 0 heterocycles. The van der Waals surface area contributed by atoms with Gasteiger partial charge in [0, 0.05) is 11.4 Å². The summed E-state index contributed by atoms with van der Waals surface area (Å²) in [6.07, 6.45) is -3.88. The first-order chi connectivity index (χ1) is 18.0. The van der Waals surface area contributed by atoms with E-state index in [4.69, 9.17) is 27.9 Å². The standard InChI is InChI=1S/C23H20Cl2F3N3O6S2/c1-37-21-10-6-16(12-20(21)25)31(38(2,33)34)13-22(32)29-14-3-7-17(8-4-14)39(35,36)30-15-5-9-19(24)18(11-15)23(26,27)28/h3-12,30H,13H2,1-2H3,(H,29,32). The van der Waals surface area contributed by atoms with Crippen molar-refractivity contribution in [3.8, 4) is 5.75 Å². The minimum Gasteiger partial charge on any atom is -0.495 e. The maximum absolute atomic E-state index is 13.1. The third-order valence-electron chi connectivity index (χ3n) is 5.08. The van der Waals surface area contributed by atoms with Gasteiger partial charge in [-0.05, 0) is 60.7 Å². The molecule has 0 aliphatic rings. The molecular formula is C23H20Cl2F3N3O6S2. The molecule has 0 radical (unpaired) electrons. The molecule has 39 heavy (non-hydrogen) atoms. The van der Waals surface area contributed by atoms with E-state index in [0.717, 1.165) is 34.8 Å². The quantitative estimate of drug-likeness (QED) is 0.336. The number of benzene rings is 3. The van der Waals surface area contributed by atoms with Gasteiger partial charge in [-0.2, -0.15) is 13.2 Å². The van der Waals surface area contributed by atoms with Crippen LogP contribution in [0, 0.1) is 0 Å². The number of carbonyl (C=O) groups excluding carboxylic acids is 1. The second-order valence-electron chi connectivity index (χ2n) is 7.96. The van der Waals surface area contributed by atoms with Gasteiger partial charge in [0.25, 0.3) is 10.0 Å². The number of nitrogens with one attached hydrogen (secondary N) is 2. The zero-order valence-corrected chi connectivity index (χ0v) is 23.2. The topological polar surface area (TPSA) is 122 Å². The van der Waals surface area contributed by atoms with Crippen LogP contribution < -0.4 is 19.1 Å². The lowest BCUT2D eigenvalue weighted by atomic mass is 10.2. The SMILES string of the molecule is COc1ccc(N(CC(=O)Nc2ccc(S(=O)(=O)Nc3ccc(Cl)c(C(F)(F)F)c3)cc2)S(C)(=O)=O)cc1Cl. The van der Waals surface area contributed by atoms with Crippen molar-refractivity contribution in [3.05, 3.63) is 76.3 Å². The largest absolute Gasteiger partial charge is 0.495 e. The Balaban J connectivity index is 1.74. The van der Waals surface area contributed by atoms with E-state index in [1.54, 1.807) is 0 Å². The van der Waals surface area contributed by atoms with Crippen LogP contribution in [0.2, 0.25) is 10.0 Å². The molecule has 0 bridgehead atoms. The van der Waals surface area contributed by atoms with Gasteiger partial charge in [-0.3, -0.25) is 13.8 Å². The lowest BCUT2D eigenvalue weighted by Crippen LogP contribution is -2.37. The molecule has 0 fully saturated rings. The Morgan fingerprint density at radius 3 is 2.08 bits per heavy atom. The Labute approximate surface area is 232 Å². The van der Waals surface area contributed by atoms with Crippen LogP contribution in [-0.2, 0) is 31.0 Å². The van der Waals surface area contributed by atoms with Gasteiger partial charge < -0.3 is 10.1 Å². The van der Waals surface area contributed by atoms with E-state index in [1.165, 1.54) is 37.4 Å². The van der Waals surface area contributed by atoms with Crippen molar-refractivity contribution in [1.29, 1.82) is 0 Å². The molecule has 210 valence electrons. The average Bonchev–Trinajstić information content (AvgIpc) is 2.82. The predicted molar refractivity (Wildman–Crippen MR) is 143 cm³/mol. The molecule has 0 saturated heterocycles. The monoisotopic (exact) mass is 625 g/mol. The maximum atomic E-state index is 13.1. The number of carbonyl (C=O) groups is 1. The molecule has 3 aromatic carbocycles. The van der Waals surface area contributed by atoms with E-state index < -0.39 is 49.3 Å². The normalized spacial score (nSPS) is 12.1. The fourth-order valence-electron chi connectivity index (χ4n) is 3.28. The Morgan fingerprint density at radius 2 is 1.54 bits per heavy atom. The number of nitrogens with zero attached hydrogens (tertiary/aromatic N) is 1. The van der Waals surface area contributed by atoms with E-state index in [1.807, 2.05) is 4.72 Å². The highest BCUT2D eigenvalue weighted by Crippen LogP contribution is 2.36. The molecule has 3 aromatic rings. The summed E-state index contributed by atoms with van der Waals surface area (Å²) in [5.41, 5.74) is -1.32. The van der Waals surface area contributed by atoms with Crippen LogP contribution in [0.3, 0.4) is 0 Å². The van der Waals surface area contributed by atoms with E-state index in [2.05, 4.69) is 5.32 Å². The van der Waals surface area contributed by atoms with Crippen LogP contribution in [0.5, 0.6) is 5.75 Å². The zero-order chi connectivity index (χ0) is 29.2. The van der Waals surface area contributed by atoms with Crippen LogP contribution >= 0.6 is 23.2 Å². The first kappa shape index (κ1) is 30.3. The molecule has 0 aliphatic heterocycles. The number of ether oxygens (including phenoxy) is 1. The smallest absolute Gasteiger partial charge is 0.417 e. The average molecular weight is 626 g/mol. The van der Waals surface area contributed by atoms with Crippen molar-refractivity contribution in [2.24, 2.45) is 0 Å². The zero-order valence-electron chi connectivity index (χ0n) is 20.1. The first-order valence-corrected chi connectivity index (χ1v) is 14.7. The Kier molecular flexibility index (Phi) is 8.95. The fourth-order valence-corrected chi connectivity index (χ4v) is 5.65. The van der Waals surface area contributed by atoms with Crippen LogP contribution in [0.25, 0.3) is 0 Å². The van der Waals surface area contributed by atoms with Gasteiger partial charge >= 0.3 is 6.18 Å². The minimum atomic E-state index is -4.79. The molecular weight excluding hydrogens is 606 g/mol. The summed E-state index contributed by atoms with van der Waals surface area (Å²) in [4.78, 5) is 12.3. The highest BCUT2D eigenvalue weighted by Gasteiger charge is 2.33. The highest BCUT2D eigenvalue weighted by atomic mass is 35.5. The maximum Gasteiger partial charge on any atom is 0.417 e. The number of rotatable bonds is 9. The number of hydrogen-bond donors (Lipinski definition) is 2. The molecule has 2 N–H and O–H groups in total. The number of alkyl halides is 3. The molecule has 1 amide bonds. The molecule has 0 spiro atoms. The summed E-state index contributed by atoms with van der Waals surface area (Å²) in [5.74, 6) is -0.443. The first-order valence-electron chi connectivity index (χ1n) is 10.6. The van der Waals surface area contributed by atoms with Crippen LogP contribution in [0.4, 0.5) is 30.2 Å². The predicted octanol–water partition coefficient (Wildman–Crippen LogP) is 5.23. The molecule has 3 rings (SSSR count). The van der Waals surface area contributed by atoms with Gasteiger partial charge in [-0.25, -0.2) is 16.8 Å². The van der Waals surface area contributed by atoms with Gasteiger partial charge in [0.2, 0.25) is 15.9 Å². The van der Waals surface area contributed by atoms with E-state index in [9.17, 15) is 34.8 Å². The van der Waals surface area contributed by atoms with E-state index >= 15 is 0 Å². The molecule has 0 aliphatic carbocycles. The van der Waals surface area contributed by atoms with Gasteiger partial charge in [-0.15, -0.1) is 0 Å². The van der Waals surface area contributed by atoms with Crippen LogP contribution in [0.15, 0.2) is 65.6 Å². The number of methoxy groups -OCH3 is 1. The van der Waals surface area contributed by atoms with Crippen molar-refractivity contribution in [2.45, 2.75) is 11.1 Å². The Hall–Kier alpha value is -3.20. The number of anilines is 3.